The van der Waals surface area contributed by atoms with E-state index in [2.05, 4.69) is 4.90 Å². The molecule has 1 saturated carbocycles. The average molecular weight is 238 g/mol. The molecule has 3 heteroatoms. The summed E-state index contributed by atoms with van der Waals surface area (Å²) in [6, 6.07) is 0. The molecule has 0 bridgehead atoms. The molecule has 0 atom stereocenters. The summed E-state index contributed by atoms with van der Waals surface area (Å²) in [6.07, 6.45) is 7.14. The Bertz CT molecular complexity index is 253. The standard InChI is InChI=1S/C14H26N2O/c15-6-9-16-7-4-13(5-8-16)14(10-17-11-14)12-2-1-3-12/h12-13H,1-11,15H2. The Morgan fingerprint density at radius 3 is 2.12 bits per heavy atom. The van der Waals surface area contributed by atoms with Crippen molar-refractivity contribution in [2.75, 3.05) is 39.4 Å². The molecule has 0 aromatic heterocycles. The number of nitrogens with zero attached hydrogens (tertiary/aromatic N) is 1. The molecule has 2 heterocycles. The molecule has 0 aromatic rings. The van der Waals surface area contributed by atoms with Gasteiger partial charge < -0.3 is 15.4 Å². The van der Waals surface area contributed by atoms with Crippen molar-refractivity contribution in [1.82, 2.24) is 4.90 Å². The second-order valence-corrected chi connectivity index (χ2v) is 6.26. The van der Waals surface area contributed by atoms with E-state index in [1.54, 1.807) is 0 Å². The lowest BCUT2D eigenvalue weighted by molar-refractivity contribution is -0.201. The summed E-state index contributed by atoms with van der Waals surface area (Å²) in [5, 5.41) is 0. The number of nitrogens with two attached hydrogens (primary N) is 1. The van der Waals surface area contributed by atoms with Crippen molar-refractivity contribution in [3.63, 3.8) is 0 Å². The molecule has 2 N–H and O–H groups in total. The molecular weight excluding hydrogens is 212 g/mol. The molecular formula is C14H26N2O. The van der Waals surface area contributed by atoms with E-state index < -0.39 is 0 Å². The van der Waals surface area contributed by atoms with E-state index in [-0.39, 0.29) is 0 Å². The van der Waals surface area contributed by atoms with Gasteiger partial charge in [0.2, 0.25) is 0 Å². The molecule has 3 fully saturated rings. The van der Waals surface area contributed by atoms with Crippen LogP contribution in [0.1, 0.15) is 32.1 Å². The summed E-state index contributed by atoms with van der Waals surface area (Å²) >= 11 is 0. The van der Waals surface area contributed by atoms with Crippen molar-refractivity contribution in [2.24, 2.45) is 23.0 Å². The maximum Gasteiger partial charge on any atom is 0.0550 e. The van der Waals surface area contributed by atoms with Crippen molar-refractivity contribution < 1.29 is 4.74 Å². The van der Waals surface area contributed by atoms with Crippen LogP contribution >= 0.6 is 0 Å². The van der Waals surface area contributed by atoms with Gasteiger partial charge in [-0.3, -0.25) is 0 Å². The zero-order chi connectivity index (χ0) is 11.7. The second kappa shape index (κ2) is 4.87. The van der Waals surface area contributed by atoms with Crippen LogP contribution in [0, 0.1) is 17.3 Å². The van der Waals surface area contributed by atoms with E-state index in [1.165, 1.54) is 45.2 Å². The van der Waals surface area contributed by atoms with Gasteiger partial charge in [-0.1, -0.05) is 6.42 Å². The number of likely N-dealkylation sites (tertiary alicyclic amines) is 1. The van der Waals surface area contributed by atoms with Crippen molar-refractivity contribution in [3.8, 4) is 0 Å². The van der Waals surface area contributed by atoms with Crippen LogP contribution in [0.25, 0.3) is 0 Å². The molecule has 0 spiro atoms. The van der Waals surface area contributed by atoms with Crippen LogP contribution in [0.15, 0.2) is 0 Å². The fourth-order valence-electron chi connectivity index (χ4n) is 4.04. The molecule has 17 heavy (non-hydrogen) atoms. The highest BCUT2D eigenvalue weighted by atomic mass is 16.5. The summed E-state index contributed by atoms with van der Waals surface area (Å²) in [7, 11) is 0. The minimum atomic E-state index is 0.590. The van der Waals surface area contributed by atoms with Crippen LogP contribution in [-0.2, 0) is 4.74 Å². The van der Waals surface area contributed by atoms with E-state index >= 15 is 0 Å². The lowest BCUT2D eigenvalue weighted by atomic mass is 9.56. The fraction of sp³-hybridized carbons (Fsp3) is 1.00. The van der Waals surface area contributed by atoms with Crippen LogP contribution in [-0.4, -0.2) is 44.3 Å². The van der Waals surface area contributed by atoms with Crippen LogP contribution in [0.3, 0.4) is 0 Å². The number of ether oxygens (including phenoxy) is 1. The van der Waals surface area contributed by atoms with Gasteiger partial charge in [-0.05, 0) is 50.6 Å². The van der Waals surface area contributed by atoms with Crippen LogP contribution in [0.2, 0.25) is 0 Å². The highest BCUT2D eigenvalue weighted by Crippen LogP contribution is 2.53. The molecule has 1 aliphatic carbocycles. The van der Waals surface area contributed by atoms with Gasteiger partial charge in [0.15, 0.2) is 0 Å². The summed E-state index contributed by atoms with van der Waals surface area (Å²) in [5.41, 5.74) is 6.22. The molecule has 0 amide bonds. The minimum Gasteiger partial charge on any atom is -0.380 e. The molecule has 0 aromatic carbocycles. The smallest absolute Gasteiger partial charge is 0.0550 e. The first kappa shape index (κ1) is 11.9. The summed E-state index contributed by atoms with van der Waals surface area (Å²) in [4.78, 5) is 2.53. The van der Waals surface area contributed by atoms with Gasteiger partial charge in [0, 0.05) is 18.5 Å². The normalized spacial score (nSPS) is 30.9. The van der Waals surface area contributed by atoms with Gasteiger partial charge in [0.25, 0.3) is 0 Å². The first-order valence-corrected chi connectivity index (χ1v) is 7.35. The maximum atomic E-state index is 5.63. The number of hydrogen-bond donors (Lipinski definition) is 1. The lowest BCUT2D eigenvalue weighted by Crippen LogP contribution is -2.57. The van der Waals surface area contributed by atoms with Gasteiger partial charge in [-0.25, -0.2) is 0 Å². The largest absolute Gasteiger partial charge is 0.380 e. The first-order chi connectivity index (χ1) is 8.35. The topological polar surface area (TPSA) is 38.5 Å². The van der Waals surface area contributed by atoms with Gasteiger partial charge in [0.1, 0.15) is 0 Å². The van der Waals surface area contributed by atoms with Gasteiger partial charge >= 0.3 is 0 Å². The van der Waals surface area contributed by atoms with E-state index in [0.29, 0.717) is 5.41 Å². The van der Waals surface area contributed by atoms with E-state index in [0.717, 1.165) is 38.1 Å². The van der Waals surface area contributed by atoms with Crippen molar-refractivity contribution >= 4 is 0 Å². The highest BCUT2D eigenvalue weighted by molar-refractivity contribution is 5.01. The minimum absolute atomic E-state index is 0.590. The molecule has 2 aliphatic heterocycles. The third-order valence-electron chi connectivity index (χ3n) is 5.51. The van der Waals surface area contributed by atoms with Crippen LogP contribution in [0.4, 0.5) is 0 Å². The second-order valence-electron chi connectivity index (χ2n) is 6.26. The Morgan fingerprint density at radius 2 is 1.71 bits per heavy atom. The Balaban J connectivity index is 1.57. The Labute approximate surface area is 105 Å². The quantitative estimate of drug-likeness (QED) is 0.806. The van der Waals surface area contributed by atoms with E-state index in [9.17, 15) is 0 Å². The summed E-state index contributed by atoms with van der Waals surface area (Å²) < 4.78 is 5.59. The predicted molar refractivity (Wildman–Crippen MR) is 68.8 cm³/mol. The molecule has 3 nitrogen and oxygen atoms in total. The zero-order valence-electron chi connectivity index (χ0n) is 10.9. The predicted octanol–water partition coefficient (Wildman–Crippen LogP) is 1.47. The number of rotatable bonds is 4. The van der Waals surface area contributed by atoms with Crippen LogP contribution < -0.4 is 5.73 Å². The maximum absolute atomic E-state index is 5.63. The highest BCUT2D eigenvalue weighted by Gasteiger charge is 2.52. The Morgan fingerprint density at radius 1 is 1.06 bits per heavy atom. The third-order valence-corrected chi connectivity index (χ3v) is 5.51. The molecule has 3 aliphatic rings. The van der Waals surface area contributed by atoms with E-state index in [4.69, 9.17) is 10.5 Å². The molecule has 0 unspecified atom stereocenters. The molecule has 0 radical (unpaired) electrons. The monoisotopic (exact) mass is 238 g/mol. The number of piperidine rings is 1. The zero-order valence-corrected chi connectivity index (χ0v) is 10.9. The molecule has 98 valence electrons. The Hall–Kier alpha value is -0.120. The summed E-state index contributed by atoms with van der Waals surface area (Å²) in [5.74, 6) is 1.91. The SMILES string of the molecule is NCCN1CCC(C2(C3CCC3)COC2)CC1. The van der Waals surface area contributed by atoms with Crippen molar-refractivity contribution in [2.45, 2.75) is 32.1 Å². The molecule has 3 rings (SSSR count). The van der Waals surface area contributed by atoms with Crippen LogP contribution in [0.5, 0.6) is 0 Å². The van der Waals surface area contributed by atoms with Gasteiger partial charge in [-0.15, -0.1) is 0 Å². The molecule has 2 saturated heterocycles. The van der Waals surface area contributed by atoms with E-state index in [1.807, 2.05) is 0 Å². The summed E-state index contributed by atoms with van der Waals surface area (Å²) in [6.45, 7) is 6.52. The van der Waals surface area contributed by atoms with Crippen molar-refractivity contribution in [1.29, 1.82) is 0 Å². The van der Waals surface area contributed by atoms with Gasteiger partial charge in [0.05, 0.1) is 13.2 Å². The van der Waals surface area contributed by atoms with Crippen molar-refractivity contribution in [3.05, 3.63) is 0 Å². The fourth-order valence-corrected chi connectivity index (χ4v) is 4.04. The number of hydrogen-bond acceptors (Lipinski definition) is 3. The van der Waals surface area contributed by atoms with Gasteiger partial charge in [-0.2, -0.15) is 0 Å². The first-order valence-electron chi connectivity index (χ1n) is 7.35. The third kappa shape index (κ3) is 2.02. The Kier molecular flexibility index (Phi) is 3.42. The lowest BCUT2D eigenvalue weighted by Gasteiger charge is -2.56. The average Bonchev–Trinajstić information content (AvgIpc) is 2.22.